The highest BCUT2D eigenvalue weighted by Gasteiger charge is 2.35. The molecule has 0 saturated carbocycles. The highest BCUT2D eigenvalue weighted by molar-refractivity contribution is 7.81. The van der Waals surface area contributed by atoms with E-state index in [9.17, 15) is 18.0 Å². The second-order valence-electron chi connectivity index (χ2n) is 3.44. The summed E-state index contributed by atoms with van der Waals surface area (Å²) in [6.45, 7) is 1.75. The number of carbonyl (C=O) groups is 1. The van der Waals surface area contributed by atoms with Crippen LogP contribution in [0.5, 0.6) is 0 Å². The van der Waals surface area contributed by atoms with Gasteiger partial charge in [0.1, 0.15) is 0 Å². The normalized spacial score (nSPS) is 19.8. The van der Waals surface area contributed by atoms with Gasteiger partial charge in [0.2, 0.25) is 5.91 Å². The molecule has 0 saturated heterocycles. The molecule has 1 aliphatic rings. The van der Waals surface area contributed by atoms with E-state index in [1.54, 1.807) is 6.92 Å². The molecule has 0 aromatic heterocycles. The summed E-state index contributed by atoms with van der Waals surface area (Å²) in [7, 11) is 0. The van der Waals surface area contributed by atoms with Crippen molar-refractivity contribution in [2.45, 2.75) is 24.8 Å². The number of hydrogen-bond acceptors (Lipinski definition) is 2. The average molecular weight is 239 g/mol. The molecule has 15 heavy (non-hydrogen) atoms. The van der Waals surface area contributed by atoms with Crippen LogP contribution in [-0.4, -0.2) is 35.3 Å². The van der Waals surface area contributed by atoms with Gasteiger partial charge in [0, 0.05) is 18.7 Å². The Balaban J connectivity index is 2.62. The van der Waals surface area contributed by atoms with Crippen molar-refractivity contribution in [2.75, 3.05) is 13.1 Å². The van der Waals surface area contributed by atoms with Gasteiger partial charge in [0.15, 0.2) is 0 Å². The molecule has 6 heteroatoms. The minimum atomic E-state index is -4.26. The van der Waals surface area contributed by atoms with E-state index < -0.39 is 17.0 Å². The van der Waals surface area contributed by atoms with Crippen molar-refractivity contribution in [1.82, 2.24) is 4.90 Å². The molecule has 1 unspecified atom stereocenters. The molecule has 0 bridgehead atoms. The molecule has 0 spiro atoms. The van der Waals surface area contributed by atoms with E-state index in [0.717, 1.165) is 6.08 Å². The molecule has 86 valence electrons. The smallest absolute Gasteiger partial charge is 0.338 e. The van der Waals surface area contributed by atoms with Crippen LogP contribution in [-0.2, 0) is 4.79 Å². The summed E-state index contributed by atoms with van der Waals surface area (Å²) >= 11 is 3.95. The van der Waals surface area contributed by atoms with Gasteiger partial charge in [-0.2, -0.15) is 25.8 Å². The largest absolute Gasteiger partial charge is 0.412 e. The summed E-state index contributed by atoms with van der Waals surface area (Å²) in [6, 6.07) is 0. The first-order valence-electron chi connectivity index (χ1n) is 4.55. The van der Waals surface area contributed by atoms with Crippen molar-refractivity contribution in [3.63, 3.8) is 0 Å². The Morgan fingerprint density at radius 2 is 2.20 bits per heavy atom. The third-order valence-corrected chi connectivity index (χ3v) is 2.46. The van der Waals surface area contributed by atoms with Crippen LogP contribution < -0.4 is 0 Å². The zero-order chi connectivity index (χ0) is 11.6. The second kappa shape index (κ2) is 4.47. The maximum Gasteiger partial charge on any atom is 0.412 e. The summed E-state index contributed by atoms with van der Waals surface area (Å²) in [4.78, 5) is 12.8. The lowest BCUT2D eigenvalue weighted by molar-refractivity contribution is -0.131. The van der Waals surface area contributed by atoms with Crippen LogP contribution in [0.1, 0.15) is 13.3 Å². The van der Waals surface area contributed by atoms with Gasteiger partial charge in [-0.05, 0) is 13.3 Å². The summed E-state index contributed by atoms with van der Waals surface area (Å²) in [5.74, 6) is -0.226. The Morgan fingerprint density at radius 1 is 1.60 bits per heavy atom. The fourth-order valence-electron chi connectivity index (χ4n) is 1.39. The topological polar surface area (TPSA) is 20.3 Å². The number of halogens is 3. The number of thiol groups is 1. The van der Waals surface area contributed by atoms with E-state index >= 15 is 0 Å². The van der Waals surface area contributed by atoms with Gasteiger partial charge in [-0.25, -0.2) is 0 Å². The highest BCUT2D eigenvalue weighted by Crippen LogP contribution is 2.30. The molecular formula is C9H12F3NOS. The summed E-state index contributed by atoms with van der Waals surface area (Å²) in [5.41, 5.74) is -0.543. The van der Waals surface area contributed by atoms with Crippen molar-refractivity contribution in [2.24, 2.45) is 0 Å². The van der Waals surface area contributed by atoms with Crippen LogP contribution in [0.25, 0.3) is 0 Å². The van der Waals surface area contributed by atoms with Gasteiger partial charge < -0.3 is 4.90 Å². The third-order valence-electron chi connectivity index (χ3n) is 2.24. The predicted octanol–water partition coefficient (Wildman–Crippen LogP) is 2.03. The monoisotopic (exact) mass is 239 g/mol. The fraction of sp³-hybridized carbons (Fsp3) is 0.667. The number of rotatable bonds is 1. The highest BCUT2D eigenvalue weighted by atomic mass is 32.1. The van der Waals surface area contributed by atoms with E-state index in [4.69, 9.17) is 0 Å². The Bertz CT molecular complexity index is 286. The standard InChI is InChI=1S/C9H12F3NOS/c1-6(15)8(14)13-4-2-7(3-5-13)9(10,11)12/h2,6,15H,3-5H2,1H3. The van der Waals surface area contributed by atoms with Gasteiger partial charge in [-0.3, -0.25) is 4.79 Å². The zero-order valence-electron chi connectivity index (χ0n) is 8.21. The van der Waals surface area contributed by atoms with Crippen LogP contribution in [0.4, 0.5) is 13.2 Å². The van der Waals surface area contributed by atoms with Crippen molar-refractivity contribution in [1.29, 1.82) is 0 Å². The Labute approximate surface area is 91.5 Å². The number of hydrogen-bond donors (Lipinski definition) is 1. The van der Waals surface area contributed by atoms with Crippen molar-refractivity contribution >= 4 is 18.5 Å². The molecule has 1 heterocycles. The summed E-state index contributed by atoms with van der Waals surface area (Å²) < 4.78 is 36.7. The molecule has 0 radical (unpaired) electrons. The molecule has 0 aromatic carbocycles. The lowest BCUT2D eigenvalue weighted by atomic mass is 10.1. The van der Waals surface area contributed by atoms with Gasteiger partial charge in [0.05, 0.1) is 5.25 Å². The van der Waals surface area contributed by atoms with Crippen molar-refractivity contribution < 1.29 is 18.0 Å². The Hall–Kier alpha value is -0.650. The maximum absolute atomic E-state index is 12.2. The van der Waals surface area contributed by atoms with Crippen LogP contribution in [0.3, 0.4) is 0 Å². The van der Waals surface area contributed by atoms with Gasteiger partial charge in [0.25, 0.3) is 0 Å². The first-order valence-corrected chi connectivity index (χ1v) is 5.07. The average Bonchev–Trinajstić information content (AvgIpc) is 2.15. The van der Waals surface area contributed by atoms with E-state index in [2.05, 4.69) is 12.6 Å². The van der Waals surface area contributed by atoms with E-state index in [1.165, 1.54) is 4.90 Å². The number of carbonyl (C=O) groups excluding carboxylic acids is 1. The number of nitrogens with zero attached hydrogens (tertiary/aromatic N) is 1. The molecule has 0 fully saturated rings. The molecule has 0 N–H and O–H groups in total. The van der Waals surface area contributed by atoms with Crippen molar-refractivity contribution in [3.8, 4) is 0 Å². The van der Waals surface area contributed by atoms with E-state index in [1.807, 2.05) is 0 Å². The SMILES string of the molecule is CC(S)C(=O)N1CC=C(C(F)(F)F)CC1. The Morgan fingerprint density at radius 3 is 2.53 bits per heavy atom. The van der Waals surface area contributed by atoms with Gasteiger partial charge in [-0.1, -0.05) is 6.08 Å². The van der Waals surface area contributed by atoms with Crippen LogP contribution in [0.2, 0.25) is 0 Å². The quantitative estimate of drug-likeness (QED) is 0.548. The Kier molecular flexibility index (Phi) is 3.70. The lowest BCUT2D eigenvalue weighted by Crippen LogP contribution is -2.40. The predicted molar refractivity (Wildman–Crippen MR) is 53.8 cm³/mol. The van der Waals surface area contributed by atoms with E-state index in [-0.39, 0.29) is 25.4 Å². The molecule has 0 aliphatic carbocycles. The minimum absolute atomic E-state index is 0.0264. The second-order valence-corrected chi connectivity index (χ2v) is 4.21. The molecular weight excluding hydrogens is 227 g/mol. The number of alkyl halides is 3. The van der Waals surface area contributed by atoms with Crippen LogP contribution in [0.15, 0.2) is 11.6 Å². The van der Waals surface area contributed by atoms with Crippen LogP contribution in [0, 0.1) is 0 Å². The molecule has 1 aliphatic heterocycles. The summed E-state index contributed by atoms with van der Waals surface area (Å²) in [6.07, 6.45) is -3.32. The lowest BCUT2D eigenvalue weighted by Gasteiger charge is -2.28. The molecule has 1 atom stereocenters. The molecule has 1 amide bonds. The van der Waals surface area contributed by atoms with Gasteiger partial charge >= 0.3 is 6.18 Å². The van der Waals surface area contributed by atoms with Gasteiger partial charge in [-0.15, -0.1) is 0 Å². The zero-order valence-corrected chi connectivity index (χ0v) is 9.11. The maximum atomic E-state index is 12.2. The first-order chi connectivity index (χ1) is 6.82. The van der Waals surface area contributed by atoms with E-state index in [0.29, 0.717) is 0 Å². The minimum Gasteiger partial charge on any atom is -0.338 e. The third kappa shape index (κ3) is 3.15. The molecule has 0 aromatic rings. The van der Waals surface area contributed by atoms with Crippen LogP contribution >= 0.6 is 12.6 Å². The fourth-order valence-corrected chi connectivity index (χ4v) is 1.55. The first kappa shape index (κ1) is 12.4. The summed E-state index contributed by atoms with van der Waals surface area (Å²) in [5, 5.41) is -0.467. The number of amides is 1. The molecule has 1 rings (SSSR count). The molecule has 2 nitrogen and oxygen atoms in total. The van der Waals surface area contributed by atoms with Crippen molar-refractivity contribution in [3.05, 3.63) is 11.6 Å².